The zero-order chi connectivity index (χ0) is 12.8. The Labute approximate surface area is 107 Å². The van der Waals surface area contributed by atoms with Crippen LogP contribution in [0.5, 0.6) is 5.75 Å². The van der Waals surface area contributed by atoms with E-state index < -0.39 is 0 Å². The summed E-state index contributed by atoms with van der Waals surface area (Å²) in [6.07, 6.45) is 5.46. The van der Waals surface area contributed by atoms with Gasteiger partial charge in [-0.1, -0.05) is 12.8 Å². The van der Waals surface area contributed by atoms with Crippen LogP contribution in [0.25, 0.3) is 11.1 Å². The summed E-state index contributed by atoms with van der Waals surface area (Å²) in [5.74, 6) is 1.61. The minimum absolute atomic E-state index is 0.780. The van der Waals surface area contributed by atoms with E-state index in [1.807, 2.05) is 18.2 Å². The highest BCUT2D eigenvalue weighted by molar-refractivity contribution is 5.74. The maximum Gasteiger partial charge on any atom is 0.195 e. The van der Waals surface area contributed by atoms with E-state index in [-0.39, 0.29) is 0 Å². The molecule has 2 rings (SSSR count). The quantitative estimate of drug-likeness (QED) is 0.765. The molecule has 2 N–H and O–H groups in total. The number of methoxy groups -OCH3 is 1. The molecule has 0 fully saturated rings. The number of ether oxygens (including phenoxy) is 1. The van der Waals surface area contributed by atoms with E-state index in [2.05, 4.69) is 4.98 Å². The molecule has 0 aliphatic rings. The first-order chi connectivity index (χ1) is 8.83. The van der Waals surface area contributed by atoms with Crippen molar-refractivity contribution in [2.75, 3.05) is 13.7 Å². The first-order valence-corrected chi connectivity index (χ1v) is 6.47. The van der Waals surface area contributed by atoms with Crippen molar-refractivity contribution in [2.45, 2.75) is 32.1 Å². The van der Waals surface area contributed by atoms with E-state index in [1.165, 1.54) is 12.8 Å². The van der Waals surface area contributed by atoms with Crippen molar-refractivity contribution in [3.63, 3.8) is 0 Å². The van der Waals surface area contributed by atoms with E-state index in [0.717, 1.165) is 48.5 Å². The molecule has 0 atom stereocenters. The molecule has 0 spiro atoms. The number of benzene rings is 1. The molecule has 0 bridgehead atoms. The van der Waals surface area contributed by atoms with Gasteiger partial charge >= 0.3 is 0 Å². The number of rotatable bonds is 7. The van der Waals surface area contributed by atoms with Gasteiger partial charge in [0.15, 0.2) is 11.5 Å². The Kier molecular flexibility index (Phi) is 4.59. The van der Waals surface area contributed by atoms with Gasteiger partial charge in [-0.15, -0.1) is 0 Å². The van der Waals surface area contributed by atoms with Gasteiger partial charge in [-0.05, 0) is 31.5 Å². The van der Waals surface area contributed by atoms with Crippen LogP contribution in [0.3, 0.4) is 0 Å². The monoisotopic (exact) mass is 248 g/mol. The fourth-order valence-electron chi connectivity index (χ4n) is 1.96. The number of nitrogens with two attached hydrogens (primary N) is 1. The van der Waals surface area contributed by atoms with Crippen LogP contribution in [0.1, 0.15) is 31.6 Å². The largest absolute Gasteiger partial charge is 0.497 e. The van der Waals surface area contributed by atoms with Crippen LogP contribution in [0.4, 0.5) is 0 Å². The Morgan fingerprint density at radius 2 is 2.06 bits per heavy atom. The molecule has 4 nitrogen and oxygen atoms in total. The molecular weight excluding hydrogens is 228 g/mol. The summed E-state index contributed by atoms with van der Waals surface area (Å²) in [5.41, 5.74) is 7.15. The number of nitrogens with zero attached hydrogens (tertiary/aromatic N) is 1. The van der Waals surface area contributed by atoms with Gasteiger partial charge in [0.1, 0.15) is 11.3 Å². The van der Waals surface area contributed by atoms with Gasteiger partial charge in [-0.2, -0.15) is 0 Å². The second-order valence-corrected chi connectivity index (χ2v) is 4.39. The maximum atomic E-state index is 5.70. The lowest BCUT2D eigenvalue weighted by molar-refractivity contribution is 0.414. The molecule has 4 heteroatoms. The van der Waals surface area contributed by atoms with Crippen LogP contribution in [-0.2, 0) is 6.42 Å². The minimum Gasteiger partial charge on any atom is -0.497 e. The second kappa shape index (κ2) is 6.40. The summed E-state index contributed by atoms with van der Waals surface area (Å²) in [7, 11) is 1.65. The zero-order valence-corrected chi connectivity index (χ0v) is 10.8. The SMILES string of the molecule is COc1ccc2nc(CCCCCCN)oc2c1. The Bertz CT molecular complexity index is 493. The third kappa shape index (κ3) is 3.23. The van der Waals surface area contributed by atoms with Crippen molar-refractivity contribution in [3.05, 3.63) is 24.1 Å². The third-order valence-corrected chi connectivity index (χ3v) is 2.98. The number of oxazole rings is 1. The van der Waals surface area contributed by atoms with Crippen molar-refractivity contribution < 1.29 is 9.15 Å². The van der Waals surface area contributed by atoms with Crippen molar-refractivity contribution >= 4 is 11.1 Å². The van der Waals surface area contributed by atoms with Crippen LogP contribution < -0.4 is 10.5 Å². The molecule has 0 aliphatic carbocycles. The minimum atomic E-state index is 0.780. The molecular formula is C14H20N2O2. The van der Waals surface area contributed by atoms with Gasteiger partial charge in [0.05, 0.1) is 7.11 Å². The molecule has 0 saturated heterocycles. The highest BCUT2D eigenvalue weighted by Crippen LogP contribution is 2.22. The normalized spacial score (nSPS) is 11.0. The van der Waals surface area contributed by atoms with Crippen LogP contribution in [-0.4, -0.2) is 18.6 Å². The van der Waals surface area contributed by atoms with Crippen LogP contribution in [0, 0.1) is 0 Å². The van der Waals surface area contributed by atoms with E-state index in [1.54, 1.807) is 7.11 Å². The smallest absolute Gasteiger partial charge is 0.195 e. The molecule has 0 unspecified atom stereocenters. The van der Waals surface area contributed by atoms with Crippen molar-refractivity contribution in [3.8, 4) is 5.75 Å². The van der Waals surface area contributed by atoms with Crippen LogP contribution >= 0.6 is 0 Å². The summed E-state index contributed by atoms with van der Waals surface area (Å²) in [6, 6.07) is 5.70. The molecule has 18 heavy (non-hydrogen) atoms. The molecule has 1 heterocycles. The van der Waals surface area contributed by atoms with Gasteiger partial charge in [-0.3, -0.25) is 0 Å². The van der Waals surface area contributed by atoms with E-state index in [4.69, 9.17) is 14.9 Å². The third-order valence-electron chi connectivity index (χ3n) is 2.98. The molecule has 2 aromatic rings. The Morgan fingerprint density at radius 1 is 1.22 bits per heavy atom. The molecule has 0 saturated carbocycles. The standard InChI is InChI=1S/C14H20N2O2/c1-17-11-7-8-12-13(10-11)18-14(16-12)6-4-2-3-5-9-15/h7-8,10H,2-6,9,15H2,1H3. The molecule has 0 radical (unpaired) electrons. The molecule has 98 valence electrons. The van der Waals surface area contributed by atoms with E-state index in [9.17, 15) is 0 Å². The van der Waals surface area contributed by atoms with Gasteiger partial charge in [0.2, 0.25) is 0 Å². The Balaban J connectivity index is 1.93. The molecule has 0 aliphatic heterocycles. The summed E-state index contributed by atoms with van der Waals surface area (Å²) in [5, 5.41) is 0. The first kappa shape index (κ1) is 12.9. The number of aromatic nitrogens is 1. The highest BCUT2D eigenvalue weighted by Gasteiger charge is 2.06. The van der Waals surface area contributed by atoms with Crippen molar-refractivity contribution in [1.82, 2.24) is 4.98 Å². The molecule has 1 aromatic carbocycles. The second-order valence-electron chi connectivity index (χ2n) is 4.39. The summed E-state index contributed by atoms with van der Waals surface area (Å²) in [4.78, 5) is 4.46. The van der Waals surface area contributed by atoms with E-state index >= 15 is 0 Å². The fourth-order valence-corrected chi connectivity index (χ4v) is 1.96. The zero-order valence-electron chi connectivity index (χ0n) is 10.8. The molecule has 1 aromatic heterocycles. The van der Waals surface area contributed by atoms with Gasteiger partial charge in [0.25, 0.3) is 0 Å². The van der Waals surface area contributed by atoms with Crippen LogP contribution in [0.2, 0.25) is 0 Å². The number of fused-ring (bicyclic) bond motifs is 1. The summed E-state index contributed by atoms with van der Waals surface area (Å²) in [6.45, 7) is 0.780. The maximum absolute atomic E-state index is 5.70. The predicted molar refractivity (Wildman–Crippen MR) is 71.8 cm³/mol. The molecule has 0 amide bonds. The number of hydrogen-bond acceptors (Lipinski definition) is 4. The summed E-state index contributed by atoms with van der Waals surface area (Å²) >= 11 is 0. The average molecular weight is 248 g/mol. The lowest BCUT2D eigenvalue weighted by atomic mass is 10.1. The predicted octanol–water partition coefficient (Wildman–Crippen LogP) is 2.90. The van der Waals surface area contributed by atoms with Gasteiger partial charge in [0, 0.05) is 12.5 Å². The van der Waals surface area contributed by atoms with Gasteiger partial charge < -0.3 is 14.9 Å². The van der Waals surface area contributed by atoms with E-state index in [0.29, 0.717) is 0 Å². The first-order valence-electron chi connectivity index (χ1n) is 6.47. The Hall–Kier alpha value is -1.55. The number of aryl methyl sites for hydroxylation is 1. The highest BCUT2D eigenvalue weighted by atomic mass is 16.5. The number of unbranched alkanes of at least 4 members (excludes halogenated alkanes) is 3. The van der Waals surface area contributed by atoms with Crippen LogP contribution in [0.15, 0.2) is 22.6 Å². The lowest BCUT2D eigenvalue weighted by Gasteiger charge is -1.97. The van der Waals surface area contributed by atoms with Gasteiger partial charge in [-0.25, -0.2) is 4.98 Å². The number of hydrogen-bond donors (Lipinski definition) is 1. The fraction of sp³-hybridized carbons (Fsp3) is 0.500. The summed E-state index contributed by atoms with van der Waals surface area (Å²) < 4.78 is 10.9. The lowest BCUT2D eigenvalue weighted by Crippen LogP contribution is -1.97. The topological polar surface area (TPSA) is 61.3 Å². The average Bonchev–Trinajstić information content (AvgIpc) is 2.80. The Morgan fingerprint density at radius 3 is 2.83 bits per heavy atom. The van der Waals surface area contributed by atoms with Crippen molar-refractivity contribution in [1.29, 1.82) is 0 Å². The van der Waals surface area contributed by atoms with Crippen molar-refractivity contribution in [2.24, 2.45) is 5.73 Å².